The fraction of sp³-hybridized carbons (Fsp3) is 0.500. The number of ether oxygens (including phenoxy) is 1. The zero-order valence-corrected chi connectivity index (χ0v) is 10.3. The summed E-state index contributed by atoms with van der Waals surface area (Å²) in [5.41, 5.74) is 6.37. The molecule has 1 aliphatic rings. The van der Waals surface area contributed by atoms with Crippen LogP contribution in [0.15, 0.2) is 12.3 Å². The number of aromatic carboxylic acids is 1. The van der Waals surface area contributed by atoms with Gasteiger partial charge in [-0.25, -0.2) is 9.78 Å². The first-order chi connectivity index (χ1) is 8.59. The first-order valence-electron chi connectivity index (χ1n) is 5.89. The Balaban J connectivity index is 2.19. The maximum absolute atomic E-state index is 10.8. The normalized spacial score (nSPS) is 16.5. The van der Waals surface area contributed by atoms with Crippen molar-refractivity contribution < 1.29 is 14.6 Å². The standard InChI is InChI=1S/C12H17N3O3/c1-15(9-2-4-18-5-3-9)11-10(13)6-8(7-14-11)12(16)17/h6-7,9H,2-5,13H2,1H3,(H,16,17). The molecular weight excluding hydrogens is 234 g/mol. The summed E-state index contributed by atoms with van der Waals surface area (Å²) in [6.07, 6.45) is 3.19. The lowest BCUT2D eigenvalue weighted by molar-refractivity contribution is 0.0696. The molecule has 6 heteroatoms. The lowest BCUT2D eigenvalue weighted by Crippen LogP contribution is -2.37. The van der Waals surface area contributed by atoms with Gasteiger partial charge in [0.15, 0.2) is 5.82 Å². The molecule has 98 valence electrons. The Morgan fingerprint density at radius 2 is 2.22 bits per heavy atom. The van der Waals surface area contributed by atoms with Gasteiger partial charge in [0.1, 0.15) is 0 Å². The molecule has 0 aliphatic carbocycles. The van der Waals surface area contributed by atoms with E-state index >= 15 is 0 Å². The van der Waals surface area contributed by atoms with Gasteiger partial charge in [0.05, 0.1) is 11.3 Å². The molecule has 2 rings (SSSR count). The van der Waals surface area contributed by atoms with Gasteiger partial charge in [-0.1, -0.05) is 0 Å². The molecule has 6 nitrogen and oxygen atoms in total. The van der Waals surface area contributed by atoms with E-state index in [4.69, 9.17) is 15.6 Å². The lowest BCUT2D eigenvalue weighted by atomic mass is 10.1. The van der Waals surface area contributed by atoms with Gasteiger partial charge in [-0.05, 0) is 18.9 Å². The zero-order chi connectivity index (χ0) is 13.1. The van der Waals surface area contributed by atoms with Crippen LogP contribution in [0.5, 0.6) is 0 Å². The maximum Gasteiger partial charge on any atom is 0.337 e. The Kier molecular flexibility index (Phi) is 3.66. The number of anilines is 2. The molecule has 0 radical (unpaired) electrons. The van der Waals surface area contributed by atoms with Gasteiger partial charge < -0.3 is 20.5 Å². The minimum Gasteiger partial charge on any atom is -0.478 e. The molecule has 0 spiro atoms. The molecule has 3 N–H and O–H groups in total. The minimum absolute atomic E-state index is 0.108. The van der Waals surface area contributed by atoms with Crippen molar-refractivity contribution in [3.63, 3.8) is 0 Å². The van der Waals surface area contributed by atoms with Crippen LogP contribution in [0.3, 0.4) is 0 Å². The molecule has 1 aliphatic heterocycles. The summed E-state index contributed by atoms with van der Waals surface area (Å²) in [7, 11) is 1.93. The number of rotatable bonds is 3. The highest BCUT2D eigenvalue weighted by atomic mass is 16.5. The highest BCUT2D eigenvalue weighted by molar-refractivity contribution is 5.89. The van der Waals surface area contributed by atoms with Crippen molar-refractivity contribution in [1.82, 2.24) is 4.98 Å². The fourth-order valence-corrected chi connectivity index (χ4v) is 2.13. The quantitative estimate of drug-likeness (QED) is 0.832. The van der Waals surface area contributed by atoms with Crippen molar-refractivity contribution in [2.45, 2.75) is 18.9 Å². The van der Waals surface area contributed by atoms with E-state index in [0.29, 0.717) is 17.5 Å². The smallest absolute Gasteiger partial charge is 0.337 e. The van der Waals surface area contributed by atoms with Crippen LogP contribution >= 0.6 is 0 Å². The number of nitrogens with two attached hydrogens (primary N) is 1. The molecule has 18 heavy (non-hydrogen) atoms. The molecule has 0 aromatic carbocycles. The van der Waals surface area contributed by atoms with Crippen LogP contribution in [-0.4, -0.2) is 42.4 Å². The summed E-state index contributed by atoms with van der Waals surface area (Å²) in [6.45, 7) is 1.48. The Labute approximate surface area is 105 Å². The summed E-state index contributed by atoms with van der Waals surface area (Å²) in [4.78, 5) is 17.0. The minimum atomic E-state index is -1.02. The summed E-state index contributed by atoms with van der Waals surface area (Å²) < 4.78 is 5.31. The van der Waals surface area contributed by atoms with Gasteiger partial charge in [-0.3, -0.25) is 0 Å². The fourth-order valence-electron chi connectivity index (χ4n) is 2.13. The number of hydrogen-bond donors (Lipinski definition) is 2. The van der Waals surface area contributed by atoms with Gasteiger partial charge in [-0.15, -0.1) is 0 Å². The predicted octanol–water partition coefficient (Wildman–Crippen LogP) is 0.977. The van der Waals surface area contributed by atoms with E-state index in [2.05, 4.69) is 4.98 Å². The molecule has 0 bridgehead atoms. The molecular formula is C12H17N3O3. The molecule has 1 aromatic rings. The molecule has 2 heterocycles. The predicted molar refractivity (Wildman–Crippen MR) is 67.9 cm³/mol. The number of nitrogens with zero attached hydrogens (tertiary/aromatic N) is 2. The van der Waals surface area contributed by atoms with Crippen LogP contribution in [-0.2, 0) is 4.74 Å². The van der Waals surface area contributed by atoms with E-state index in [1.165, 1.54) is 12.3 Å². The van der Waals surface area contributed by atoms with Gasteiger partial charge in [0, 0.05) is 32.5 Å². The Morgan fingerprint density at radius 1 is 1.56 bits per heavy atom. The second kappa shape index (κ2) is 5.22. The molecule has 0 saturated carbocycles. The Bertz CT molecular complexity index is 444. The van der Waals surface area contributed by atoms with Crippen molar-refractivity contribution >= 4 is 17.5 Å². The first kappa shape index (κ1) is 12.6. The highest BCUT2D eigenvalue weighted by Gasteiger charge is 2.21. The van der Waals surface area contributed by atoms with E-state index in [1.54, 1.807) is 0 Å². The Morgan fingerprint density at radius 3 is 2.78 bits per heavy atom. The van der Waals surface area contributed by atoms with Crippen molar-refractivity contribution in [3.8, 4) is 0 Å². The van der Waals surface area contributed by atoms with Crippen LogP contribution in [0.25, 0.3) is 0 Å². The second-order valence-electron chi connectivity index (χ2n) is 4.40. The van der Waals surface area contributed by atoms with Crippen molar-refractivity contribution in [2.75, 3.05) is 30.9 Å². The topological polar surface area (TPSA) is 88.7 Å². The van der Waals surface area contributed by atoms with Crippen molar-refractivity contribution in [2.24, 2.45) is 0 Å². The van der Waals surface area contributed by atoms with Crippen LogP contribution in [0, 0.1) is 0 Å². The molecule has 0 atom stereocenters. The number of pyridine rings is 1. The van der Waals surface area contributed by atoms with Crippen molar-refractivity contribution in [3.05, 3.63) is 17.8 Å². The average Bonchev–Trinajstić information content (AvgIpc) is 2.38. The number of hydrogen-bond acceptors (Lipinski definition) is 5. The molecule has 0 amide bonds. The van der Waals surface area contributed by atoms with E-state index < -0.39 is 5.97 Å². The first-order valence-corrected chi connectivity index (χ1v) is 5.89. The molecule has 1 saturated heterocycles. The molecule has 0 unspecified atom stereocenters. The van der Waals surface area contributed by atoms with Gasteiger partial charge >= 0.3 is 5.97 Å². The van der Waals surface area contributed by atoms with Crippen molar-refractivity contribution in [1.29, 1.82) is 0 Å². The maximum atomic E-state index is 10.8. The summed E-state index contributed by atoms with van der Waals surface area (Å²) in [5.74, 6) is -0.388. The van der Waals surface area contributed by atoms with Gasteiger partial charge in [0.2, 0.25) is 0 Å². The highest BCUT2D eigenvalue weighted by Crippen LogP contribution is 2.25. The van der Waals surface area contributed by atoms with E-state index in [9.17, 15) is 4.79 Å². The second-order valence-corrected chi connectivity index (χ2v) is 4.40. The third-order valence-electron chi connectivity index (χ3n) is 3.21. The third-order valence-corrected chi connectivity index (χ3v) is 3.21. The Hall–Kier alpha value is -1.82. The summed E-state index contributed by atoms with van der Waals surface area (Å²) in [5, 5.41) is 8.86. The lowest BCUT2D eigenvalue weighted by Gasteiger charge is -2.32. The number of carboxylic acids is 1. The molecule has 1 fully saturated rings. The number of carbonyl (C=O) groups is 1. The van der Waals surface area contributed by atoms with Crippen LogP contribution in [0.4, 0.5) is 11.5 Å². The zero-order valence-electron chi connectivity index (χ0n) is 10.3. The monoisotopic (exact) mass is 251 g/mol. The summed E-state index contributed by atoms with van der Waals surface area (Å²) in [6, 6.07) is 1.78. The number of aromatic nitrogens is 1. The number of nitrogen functional groups attached to an aromatic ring is 1. The number of carboxylic acid groups (broad SMARTS) is 1. The van der Waals surface area contributed by atoms with Crippen LogP contribution < -0.4 is 10.6 Å². The third kappa shape index (κ3) is 2.53. The van der Waals surface area contributed by atoms with Gasteiger partial charge in [-0.2, -0.15) is 0 Å². The van der Waals surface area contributed by atoms with E-state index in [0.717, 1.165) is 26.1 Å². The SMILES string of the molecule is CN(c1ncc(C(=O)O)cc1N)C1CCOCC1. The van der Waals surface area contributed by atoms with E-state index in [-0.39, 0.29) is 5.56 Å². The largest absolute Gasteiger partial charge is 0.478 e. The van der Waals surface area contributed by atoms with E-state index in [1.807, 2.05) is 11.9 Å². The molecule has 1 aromatic heterocycles. The summed E-state index contributed by atoms with van der Waals surface area (Å²) >= 11 is 0. The van der Waals surface area contributed by atoms with Gasteiger partial charge in [0.25, 0.3) is 0 Å². The average molecular weight is 251 g/mol. The van der Waals surface area contributed by atoms with Crippen LogP contribution in [0.1, 0.15) is 23.2 Å². The van der Waals surface area contributed by atoms with Crippen LogP contribution in [0.2, 0.25) is 0 Å².